The number of nitrogens with zero attached hydrogens (tertiary/aromatic N) is 2. The number of amides is 1. The fourth-order valence-electron chi connectivity index (χ4n) is 2.53. The van der Waals surface area contributed by atoms with Crippen LogP contribution in [0.25, 0.3) is 0 Å². The molecule has 0 unspecified atom stereocenters. The number of aromatic nitrogens is 1. The largest absolute Gasteiger partial charge is 0.357 e. The van der Waals surface area contributed by atoms with E-state index in [-0.39, 0.29) is 10.9 Å². The van der Waals surface area contributed by atoms with E-state index in [2.05, 4.69) is 29.0 Å². The molecule has 134 valence electrons. The average Bonchev–Trinajstić information content (AvgIpc) is 2.62. The van der Waals surface area contributed by atoms with Gasteiger partial charge in [0, 0.05) is 32.3 Å². The van der Waals surface area contributed by atoms with Crippen molar-refractivity contribution >= 4 is 23.3 Å². The van der Waals surface area contributed by atoms with Crippen molar-refractivity contribution in [3.8, 4) is 0 Å². The van der Waals surface area contributed by atoms with Crippen molar-refractivity contribution in [3.63, 3.8) is 0 Å². The van der Waals surface area contributed by atoms with Crippen molar-refractivity contribution in [2.24, 2.45) is 0 Å². The molecular weight excluding hydrogens is 341 g/mol. The van der Waals surface area contributed by atoms with Crippen LogP contribution in [-0.2, 0) is 17.8 Å². The van der Waals surface area contributed by atoms with Gasteiger partial charge in [0.25, 0.3) is 0 Å². The molecule has 0 saturated heterocycles. The molecule has 0 fully saturated rings. The first-order valence-electron chi connectivity index (χ1n) is 8.44. The summed E-state index contributed by atoms with van der Waals surface area (Å²) >= 11 is 5.74. The number of nitrogens with one attached hydrogen (secondary N) is 1. The van der Waals surface area contributed by atoms with Crippen molar-refractivity contribution in [2.45, 2.75) is 33.2 Å². The molecular formula is C19H23ClFN3O. The summed E-state index contributed by atoms with van der Waals surface area (Å²) in [5.41, 5.74) is 1.85. The third-order valence-corrected chi connectivity index (χ3v) is 4.30. The van der Waals surface area contributed by atoms with Crippen LogP contribution in [0, 0.1) is 5.82 Å². The predicted octanol–water partition coefficient (Wildman–Crippen LogP) is 3.97. The van der Waals surface area contributed by atoms with Gasteiger partial charge >= 0.3 is 0 Å². The number of rotatable bonds is 8. The highest BCUT2D eigenvalue weighted by atomic mass is 35.5. The Balaban J connectivity index is 1.85. The number of halogens is 2. The van der Waals surface area contributed by atoms with E-state index in [4.69, 9.17) is 11.6 Å². The summed E-state index contributed by atoms with van der Waals surface area (Å²) in [5, 5.41) is 2.89. The Morgan fingerprint density at radius 3 is 2.64 bits per heavy atom. The molecule has 25 heavy (non-hydrogen) atoms. The van der Waals surface area contributed by atoms with Crippen molar-refractivity contribution in [1.29, 1.82) is 0 Å². The molecule has 0 saturated carbocycles. The monoisotopic (exact) mass is 363 g/mol. The van der Waals surface area contributed by atoms with E-state index in [1.54, 1.807) is 12.3 Å². The number of hydrogen-bond donors (Lipinski definition) is 1. The van der Waals surface area contributed by atoms with Crippen molar-refractivity contribution in [1.82, 2.24) is 10.3 Å². The van der Waals surface area contributed by atoms with E-state index >= 15 is 0 Å². The molecule has 0 radical (unpaired) electrons. The molecule has 4 nitrogen and oxygen atoms in total. The topological polar surface area (TPSA) is 45.2 Å². The minimum Gasteiger partial charge on any atom is -0.357 e. The zero-order chi connectivity index (χ0) is 18.2. The second kappa shape index (κ2) is 9.37. The maximum atomic E-state index is 13.1. The van der Waals surface area contributed by atoms with Gasteiger partial charge < -0.3 is 10.2 Å². The highest BCUT2D eigenvalue weighted by Crippen LogP contribution is 2.16. The van der Waals surface area contributed by atoms with Crippen LogP contribution in [0.3, 0.4) is 0 Å². The minimum atomic E-state index is -0.460. The average molecular weight is 364 g/mol. The second-order valence-electron chi connectivity index (χ2n) is 5.72. The van der Waals surface area contributed by atoms with Crippen LogP contribution in [0.15, 0.2) is 36.5 Å². The summed E-state index contributed by atoms with van der Waals surface area (Å²) < 4.78 is 13.1. The van der Waals surface area contributed by atoms with E-state index in [1.165, 1.54) is 12.1 Å². The molecule has 0 aliphatic rings. The first kappa shape index (κ1) is 19.2. The van der Waals surface area contributed by atoms with Gasteiger partial charge in [-0.3, -0.25) is 4.79 Å². The van der Waals surface area contributed by atoms with Crippen molar-refractivity contribution in [3.05, 3.63) is 58.5 Å². The third-order valence-electron chi connectivity index (χ3n) is 4.01. The predicted molar refractivity (Wildman–Crippen MR) is 99.4 cm³/mol. The van der Waals surface area contributed by atoms with Gasteiger partial charge in [0.1, 0.15) is 11.6 Å². The summed E-state index contributed by atoms with van der Waals surface area (Å²) in [7, 11) is 0. The van der Waals surface area contributed by atoms with Gasteiger partial charge in [0.2, 0.25) is 5.91 Å². The molecule has 1 aromatic heterocycles. The highest BCUT2D eigenvalue weighted by Gasteiger charge is 2.07. The molecule has 1 N–H and O–H groups in total. The zero-order valence-corrected chi connectivity index (χ0v) is 15.3. The van der Waals surface area contributed by atoms with Crippen LogP contribution < -0.4 is 10.2 Å². The first-order valence-corrected chi connectivity index (χ1v) is 8.81. The van der Waals surface area contributed by atoms with Crippen LogP contribution >= 0.6 is 11.6 Å². The number of aryl methyl sites for hydroxylation is 1. The van der Waals surface area contributed by atoms with E-state index < -0.39 is 5.82 Å². The molecule has 2 rings (SSSR count). The summed E-state index contributed by atoms with van der Waals surface area (Å²) in [5.74, 6) is 0.420. The smallest absolute Gasteiger partial charge is 0.220 e. The molecule has 0 aliphatic carbocycles. The SMILES string of the molecule is CCN(CC)c1cc(CCC(=O)NCc2ccc(F)c(Cl)c2)ccn1. The van der Waals surface area contributed by atoms with Gasteiger partial charge in [-0.25, -0.2) is 9.37 Å². The molecule has 1 amide bonds. The van der Waals surface area contributed by atoms with Gasteiger partial charge in [-0.1, -0.05) is 17.7 Å². The maximum Gasteiger partial charge on any atom is 0.220 e. The van der Waals surface area contributed by atoms with E-state index in [0.29, 0.717) is 19.4 Å². The molecule has 0 bridgehead atoms. The number of pyridine rings is 1. The fraction of sp³-hybridized carbons (Fsp3) is 0.368. The molecule has 1 aromatic carbocycles. The van der Waals surface area contributed by atoms with E-state index in [0.717, 1.165) is 30.0 Å². The Kier molecular flexibility index (Phi) is 7.19. The Morgan fingerprint density at radius 1 is 1.20 bits per heavy atom. The summed E-state index contributed by atoms with van der Waals surface area (Å²) in [6.45, 7) is 6.31. The van der Waals surface area contributed by atoms with Crippen LogP contribution in [0.5, 0.6) is 0 Å². The molecule has 0 atom stereocenters. The van der Waals surface area contributed by atoms with Gasteiger partial charge in [-0.15, -0.1) is 0 Å². The van der Waals surface area contributed by atoms with Crippen LogP contribution in [0.2, 0.25) is 5.02 Å². The minimum absolute atomic E-state index is 0.0540. The lowest BCUT2D eigenvalue weighted by Crippen LogP contribution is -2.24. The summed E-state index contributed by atoms with van der Waals surface area (Å²) in [4.78, 5) is 18.6. The zero-order valence-electron chi connectivity index (χ0n) is 14.6. The number of carbonyl (C=O) groups excluding carboxylic acids is 1. The van der Waals surface area contributed by atoms with Gasteiger partial charge in [-0.05, 0) is 55.7 Å². The van der Waals surface area contributed by atoms with E-state index in [9.17, 15) is 9.18 Å². The molecule has 1 heterocycles. The third kappa shape index (κ3) is 5.71. The number of carbonyl (C=O) groups is 1. The van der Waals surface area contributed by atoms with Gasteiger partial charge in [-0.2, -0.15) is 0 Å². The quantitative estimate of drug-likeness (QED) is 0.771. The van der Waals surface area contributed by atoms with Crippen LogP contribution in [0.4, 0.5) is 10.2 Å². The van der Waals surface area contributed by atoms with Crippen molar-refractivity contribution in [2.75, 3.05) is 18.0 Å². The number of benzene rings is 1. The molecule has 6 heteroatoms. The maximum absolute atomic E-state index is 13.1. The number of anilines is 1. The normalized spacial score (nSPS) is 10.6. The van der Waals surface area contributed by atoms with E-state index in [1.807, 2.05) is 12.1 Å². The lowest BCUT2D eigenvalue weighted by molar-refractivity contribution is -0.121. The Labute approximate surface area is 153 Å². The van der Waals surface area contributed by atoms with Gasteiger partial charge in [0.05, 0.1) is 5.02 Å². The Hall–Kier alpha value is -2.14. The molecule has 0 spiro atoms. The lowest BCUT2D eigenvalue weighted by Gasteiger charge is -2.20. The Morgan fingerprint density at radius 2 is 1.96 bits per heavy atom. The molecule has 0 aliphatic heterocycles. The lowest BCUT2D eigenvalue weighted by atomic mass is 10.1. The number of hydrogen-bond acceptors (Lipinski definition) is 3. The highest BCUT2D eigenvalue weighted by molar-refractivity contribution is 6.30. The van der Waals surface area contributed by atoms with Crippen LogP contribution in [-0.4, -0.2) is 24.0 Å². The van der Waals surface area contributed by atoms with Gasteiger partial charge in [0.15, 0.2) is 0 Å². The fourth-order valence-corrected chi connectivity index (χ4v) is 2.74. The van der Waals surface area contributed by atoms with Crippen LogP contribution in [0.1, 0.15) is 31.4 Å². The molecule has 2 aromatic rings. The second-order valence-corrected chi connectivity index (χ2v) is 6.13. The first-order chi connectivity index (χ1) is 12.0. The standard InChI is InChI=1S/C19H23ClFN3O/c1-3-24(4-2)18-12-14(9-10-22-18)6-8-19(25)23-13-15-5-7-17(21)16(20)11-15/h5,7,9-12H,3-4,6,8,13H2,1-2H3,(H,23,25). The summed E-state index contributed by atoms with van der Waals surface area (Å²) in [6.07, 6.45) is 2.81. The summed E-state index contributed by atoms with van der Waals surface area (Å²) in [6, 6.07) is 8.40. The van der Waals surface area contributed by atoms with Crippen molar-refractivity contribution < 1.29 is 9.18 Å². The Bertz CT molecular complexity index is 720.